The molecule has 0 aliphatic carbocycles. The van der Waals surface area contributed by atoms with Gasteiger partial charge in [-0.25, -0.2) is 0 Å². The Hall–Kier alpha value is -1.88. The molecule has 1 aromatic carbocycles. The van der Waals surface area contributed by atoms with E-state index in [1.165, 1.54) is 0 Å². The molecule has 6 heteroatoms. The summed E-state index contributed by atoms with van der Waals surface area (Å²) in [6.45, 7) is 4.02. The zero-order chi connectivity index (χ0) is 13.0. The number of halogens is 1. The van der Waals surface area contributed by atoms with E-state index in [4.69, 9.17) is 11.6 Å². The highest BCUT2D eigenvalue weighted by Gasteiger charge is 2.04. The summed E-state index contributed by atoms with van der Waals surface area (Å²) < 4.78 is 0. The van der Waals surface area contributed by atoms with Crippen molar-refractivity contribution in [3.63, 3.8) is 0 Å². The van der Waals surface area contributed by atoms with Gasteiger partial charge in [0.05, 0.1) is 16.9 Å². The Morgan fingerprint density at radius 3 is 2.72 bits per heavy atom. The molecule has 0 fully saturated rings. The first kappa shape index (κ1) is 12.6. The van der Waals surface area contributed by atoms with Gasteiger partial charge in [-0.2, -0.15) is 10.1 Å². The Bertz CT molecular complexity index is 529. The maximum absolute atomic E-state index is 6.06. The highest BCUT2D eigenvalue weighted by molar-refractivity contribution is 6.33. The van der Waals surface area contributed by atoms with Gasteiger partial charge in [-0.15, -0.1) is 5.10 Å². The third-order valence-corrected chi connectivity index (χ3v) is 2.44. The summed E-state index contributed by atoms with van der Waals surface area (Å²) in [5.41, 5.74) is 0.787. The van der Waals surface area contributed by atoms with Crippen LogP contribution in [0.25, 0.3) is 0 Å². The average Bonchev–Trinajstić information content (AvgIpc) is 2.32. The number of nitrogens with one attached hydrogen (secondary N) is 2. The second kappa shape index (κ2) is 5.64. The van der Waals surface area contributed by atoms with E-state index in [-0.39, 0.29) is 6.04 Å². The van der Waals surface area contributed by atoms with Gasteiger partial charge in [0, 0.05) is 6.04 Å². The summed E-state index contributed by atoms with van der Waals surface area (Å²) in [4.78, 5) is 4.29. The van der Waals surface area contributed by atoms with Crippen LogP contribution in [0.15, 0.2) is 30.5 Å². The number of nitrogens with zero attached hydrogens (tertiary/aromatic N) is 3. The van der Waals surface area contributed by atoms with Crippen molar-refractivity contribution in [3.8, 4) is 0 Å². The SMILES string of the molecule is CC(C)Nc1nncc(Nc2ccccc2Cl)n1. The van der Waals surface area contributed by atoms with Crippen LogP contribution in [0.4, 0.5) is 17.5 Å². The number of para-hydroxylation sites is 1. The summed E-state index contributed by atoms with van der Waals surface area (Å²) in [5, 5.41) is 14.6. The minimum atomic E-state index is 0.252. The topological polar surface area (TPSA) is 62.7 Å². The van der Waals surface area contributed by atoms with Gasteiger partial charge in [0.2, 0.25) is 5.95 Å². The molecule has 0 saturated carbocycles. The molecule has 5 nitrogen and oxygen atoms in total. The Morgan fingerprint density at radius 1 is 1.22 bits per heavy atom. The lowest BCUT2D eigenvalue weighted by Gasteiger charge is -2.10. The number of anilines is 3. The molecule has 0 amide bonds. The predicted molar refractivity (Wildman–Crippen MR) is 73.3 cm³/mol. The number of hydrogen-bond acceptors (Lipinski definition) is 5. The minimum Gasteiger partial charge on any atom is -0.351 e. The fraction of sp³-hybridized carbons (Fsp3) is 0.250. The van der Waals surface area contributed by atoms with Crippen molar-refractivity contribution in [2.24, 2.45) is 0 Å². The molecule has 0 atom stereocenters. The number of aromatic nitrogens is 3. The number of hydrogen-bond donors (Lipinski definition) is 2. The summed E-state index contributed by atoms with van der Waals surface area (Å²) in [7, 11) is 0. The second-order valence-corrected chi connectivity index (χ2v) is 4.48. The highest BCUT2D eigenvalue weighted by Crippen LogP contribution is 2.23. The standard InChI is InChI=1S/C12H14ClN5/c1-8(2)15-12-17-11(7-14-18-12)16-10-6-4-3-5-9(10)13/h3-8H,1-2H3,(H2,15,16,17,18). The summed E-state index contributed by atoms with van der Waals surface area (Å²) in [6, 6.07) is 7.71. The van der Waals surface area contributed by atoms with Gasteiger partial charge >= 0.3 is 0 Å². The van der Waals surface area contributed by atoms with Crippen LogP contribution in [-0.4, -0.2) is 21.2 Å². The van der Waals surface area contributed by atoms with Crippen molar-refractivity contribution in [1.82, 2.24) is 15.2 Å². The minimum absolute atomic E-state index is 0.252. The maximum Gasteiger partial charge on any atom is 0.244 e. The molecule has 0 aliphatic rings. The van der Waals surface area contributed by atoms with Gasteiger partial charge < -0.3 is 10.6 Å². The third-order valence-electron chi connectivity index (χ3n) is 2.11. The highest BCUT2D eigenvalue weighted by atomic mass is 35.5. The number of benzene rings is 1. The van der Waals surface area contributed by atoms with Gasteiger partial charge in [0.25, 0.3) is 0 Å². The molecule has 2 N–H and O–H groups in total. The predicted octanol–water partition coefficient (Wildman–Crippen LogP) is 3.09. The fourth-order valence-electron chi connectivity index (χ4n) is 1.38. The van der Waals surface area contributed by atoms with Crippen molar-refractivity contribution in [3.05, 3.63) is 35.5 Å². The van der Waals surface area contributed by atoms with E-state index < -0.39 is 0 Å². The van der Waals surface area contributed by atoms with Gasteiger partial charge in [0.15, 0.2) is 5.82 Å². The second-order valence-electron chi connectivity index (χ2n) is 4.07. The van der Waals surface area contributed by atoms with E-state index in [1.807, 2.05) is 38.1 Å². The Balaban J connectivity index is 2.17. The van der Waals surface area contributed by atoms with Crippen LogP contribution in [0.5, 0.6) is 0 Å². The zero-order valence-corrected chi connectivity index (χ0v) is 10.9. The molecule has 0 radical (unpaired) electrons. The lowest BCUT2D eigenvalue weighted by atomic mass is 10.3. The van der Waals surface area contributed by atoms with Crippen LogP contribution >= 0.6 is 11.6 Å². The summed E-state index contributed by atoms with van der Waals surface area (Å²) in [6.07, 6.45) is 1.55. The quantitative estimate of drug-likeness (QED) is 0.888. The van der Waals surface area contributed by atoms with E-state index in [0.29, 0.717) is 16.8 Å². The molecule has 1 aromatic heterocycles. The van der Waals surface area contributed by atoms with Gasteiger partial charge in [0.1, 0.15) is 0 Å². The molecule has 1 heterocycles. The van der Waals surface area contributed by atoms with E-state index in [0.717, 1.165) is 5.69 Å². The van der Waals surface area contributed by atoms with Crippen LogP contribution < -0.4 is 10.6 Å². The normalized spacial score (nSPS) is 10.4. The molecule has 0 unspecified atom stereocenters. The van der Waals surface area contributed by atoms with Crippen molar-refractivity contribution in [1.29, 1.82) is 0 Å². The van der Waals surface area contributed by atoms with Crippen LogP contribution in [0.1, 0.15) is 13.8 Å². The van der Waals surface area contributed by atoms with Crippen LogP contribution in [-0.2, 0) is 0 Å². The molecule has 0 saturated heterocycles. The molecule has 18 heavy (non-hydrogen) atoms. The lowest BCUT2D eigenvalue weighted by molar-refractivity contribution is 0.852. The largest absolute Gasteiger partial charge is 0.351 e. The Kier molecular flexibility index (Phi) is 3.94. The smallest absolute Gasteiger partial charge is 0.244 e. The first-order valence-corrected chi connectivity index (χ1v) is 6.01. The number of rotatable bonds is 4. The van der Waals surface area contributed by atoms with Crippen molar-refractivity contribution < 1.29 is 0 Å². The van der Waals surface area contributed by atoms with Gasteiger partial charge in [-0.05, 0) is 26.0 Å². The van der Waals surface area contributed by atoms with E-state index in [9.17, 15) is 0 Å². The van der Waals surface area contributed by atoms with Crippen LogP contribution in [0, 0.1) is 0 Å². The molecule has 0 bridgehead atoms. The first-order valence-electron chi connectivity index (χ1n) is 5.63. The maximum atomic E-state index is 6.06. The monoisotopic (exact) mass is 263 g/mol. The average molecular weight is 264 g/mol. The molecular formula is C12H14ClN5. The molecule has 94 valence electrons. The first-order chi connectivity index (χ1) is 8.65. The van der Waals surface area contributed by atoms with Gasteiger partial charge in [-0.1, -0.05) is 23.7 Å². The fourth-order valence-corrected chi connectivity index (χ4v) is 1.57. The molecule has 2 aromatic rings. The third kappa shape index (κ3) is 3.30. The van der Waals surface area contributed by atoms with Crippen LogP contribution in [0.3, 0.4) is 0 Å². The van der Waals surface area contributed by atoms with E-state index >= 15 is 0 Å². The summed E-state index contributed by atoms with van der Waals surface area (Å²) in [5.74, 6) is 1.09. The molecule has 2 rings (SSSR count). The van der Waals surface area contributed by atoms with E-state index in [2.05, 4.69) is 25.8 Å². The van der Waals surface area contributed by atoms with Gasteiger partial charge in [-0.3, -0.25) is 0 Å². The molecule has 0 aliphatic heterocycles. The zero-order valence-electron chi connectivity index (χ0n) is 10.2. The Morgan fingerprint density at radius 2 is 2.00 bits per heavy atom. The lowest BCUT2D eigenvalue weighted by Crippen LogP contribution is -2.13. The van der Waals surface area contributed by atoms with Crippen molar-refractivity contribution in [2.75, 3.05) is 10.6 Å². The van der Waals surface area contributed by atoms with Crippen molar-refractivity contribution in [2.45, 2.75) is 19.9 Å². The van der Waals surface area contributed by atoms with E-state index in [1.54, 1.807) is 6.20 Å². The summed E-state index contributed by atoms with van der Waals surface area (Å²) >= 11 is 6.06. The molecular weight excluding hydrogens is 250 g/mol. The van der Waals surface area contributed by atoms with Crippen molar-refractivity contribution >= 4 is 29.1 Å². The molecule has 0 spiro atoms. The van der Waals surface area contributed by atoms with Crippen LogP contribution in [0.2, 0.25) is 5.02 Å². The Labute approximate surface area is 111 Å².